The summed E-state index contributed by atoms with van der Waals surface area (Å²) in [4.78, 5) is 17.7. The number of pyridine rings is 1. The van der Waals surface area contributed by atoms with Gasteiger partial charge in [-0.05, 0) is 83.2 Å². The number of aryl methyl sites for hydroxylation is 1. The first-order chi connectivity index (χ1) is 16.7. The molecule has 1 saturated carbocycles. The zero-order chi connectivity index (χ0) is 24.7. The van der Waals surface area contributed by atoms with Crippen molar-refractivity contribution >= 4 is 15.9 Å². The average molecular weight is 491 g/mol. The van der Waals surface area contributed by atoms with Crippen LogP contribution < -0.4 is 9.46 Å². The first-order valence-corrected chi connectivity index (χ1v) is 13.6. The van der Waals surface area contributed by atoms with Crippen molar-refractivity contribution in [2.24, 2.45) is 0 Å². The zero-order valence-electron chi connectivity index (χ0n) is 20.3. The molecule has 2 aliphatic rings. The van der Waals surface area contributed by atoms with Crippen LogP contribution in [0.4, 0.5) is 0 Å². The van der Waals surface area contributed by atoms with Gasteiger partial charge in [0.25, 0.3) is 10.0 Å². The molecule has 0 atom stereocenters. The van der Waals surface area contributed by atoms with E-state index in [0.717, 1.165) is 51.8 Å². The summed E-state index contributed by atoms with van der Waals surface area (Å²) in [6, 6.07) is 13.3. The molecule has 1 amide bonds. The number of nitrogens with zero attached hydrogens (tertiary/aromatic N) is 1. The van der Waals surface area contributed by atoms with Crippen molar-refractivity contribution in [1.29, 1.82) is 0 Å². The summed E-state index contributed by atoms with van der Waals surface area (Å²) in [5, 5.41) is 0. The second-order valence-electron chi connectivity index (χ2n) is 9.91. The van der Waals surface area contributed by atoms with Crippen LogP contribution in [0.15, 0.2) is 53.6 Å². The number of nitrogens with one attached hydrogen (secondary N) is 1. The fourth-order valence-corrected chi connectivity index (χ4v) is 5.87. The quantitative estimate of drug-likeness (QED) is 0.544. The maximum absolute atomic E-state index is 13.3. The molecule has 35 heavy (non-hydrogen) atoms. The second kappa shape index (κ2) is 9.11. The number of benzene rings is 2. The lowest BCUT2D eigenvalue weighted by Crippen LogP contribution is -2.32. The second-order valence-corrected chi connectivity index (χ2v) is 11.6. The molecule has 1 aromatic heterocycles. The monoisotopic (exact) mass is 490 g/mol. The summed E-state index contributed by atoms with van der Waals surface area (Å²) in [5.41, 5.74) is 6.56. The highest BCUT2D eigenvalue weighted by Gasteiger charge is 2.27. The Balaban J connectivity index is 1.64. The topological polar surface area (TPSA) is 85.4 Å². The number of rotatable bonds is 2. The summed E-state index contributed by atoms with van der Waals surface area (Å²) < 4.78 is 34.9. The number of carbonyl (C=O) groups excluding carboxylic acids is 1. The minimum atomic E-state index is -4.01. The van der Waals surface area contributed by atoms with Crippen LogP contribution in [-0.4, -0.2) is 25.9 Å². The van der Waals surface area contributed by atoms with Crippen LogP contribution in [0.25, 0.3) is 11.1 Å². The molecule has 0 unspecified atom stereocenters. The molecule has 1 aliphatic carbocycles. The molecule has 7 heteroatoms. The van der Waals surface area contributed by atoms with E-state index in [1.165, 1.54) is 0 Å². The first-order valence-electron chi connectivity index (χ1n) is 12.1. The van der Waals surface area contributed by atoms with Crippen molar-refractivity contribution in [2.45, 2.75) is 63.2 Å². The molecule has 1 N–H and O–H groups in total. The van der Waals surface area contributed by atoms with Gasteiger partial charge in [-0.25, -0.2) is 18.1 Å². The summed E-state index contributed by atoms with van der Waals surface area (Å²) in [6.07, 6.45) is 4.31. The average Bonchev–Trinajstić information content (AvgIpc) is 3.64. The molecule has 4 bridgehead atoms. The minimum absolute atomic E-state index is 0.0456. The molecule has 182 valence electrons. The van der Waals surface area contributed by atoms with Crippen molar-refractivity contribution in [3.63, 3.8) is 0 Å². The van der Waals surface area contributed by atoms with Gasteiger partial charge in [0.1, 0.15) is 0 Å². The Labute approximate surface area is 206 Å². The van der Waals surface area contributed by atoms with E-state index in [4.69, 9.17) is 4.74 Å². The lowest BCUT2D eigenvalue weighted by atomic mass is 9.87. The van der Waals surface area contributed by atoms with E-state index in [1.54, 1.807) is 18.3 Å². The van der Waals surface area contributed by atoms with Gasteiger partial charge >= 0.3 is 0 Å². The summed E-state index contributed by atoms with van der Waals surface area (Å²) in [6.45, 7) is 6.54. The molecule has 0 spiro atoms. The van der Waals surface area contributed by atoms with Crippen molar-refractivity contribution in [3.8, 4) is 17.0 Å². The molecule has 6 nitrogen and oxygen atoms in total. The van der Waals surface area contributed by atoms with Gasteiger partial charge in [-0.15, -0.1) is 0 Å². The van der Waals surface area contributed by atoms with E-state index < -0.39 is 15.9 Å². The van der Waals surface area contributed by atoms with Crippen molar-refractivity contribution in [3.05, 3.63) is 76.5 Å². The van der Waals surface area contributed by atoms with Crippen LogP contribution in [-0.2, 0) is 27.7 Å². The summed E-state index contributed by atoms with van der Waals surface area (Å²) >= 11 is 0. The molecular formula is C28H30N2O4S. The Kier molecular flexibility index (Phi) is 6.13. The third kappa shape index (κ3) is 5.10. The largest absolute Gasteiger partial charge is 0.477 e. The van der Waals surface area contributed by atoms with Crippen LogP contribution in [0.3, 0.4) is 0 Å². The number of carbonyl (C=O) groups is 1. The van der Waals surface area contributed by atoms with Crippen molar-refractivity contribution in [2.75, 3.05) is 6.61 Å². The van der Waals surface area contributed by atoms with Crippen molar-refractivity contribution in [1.82, 2.24) is 9.71 Å². The predicted octanol–water partition coefficient (Wildman–Crippen LogP) is 5.04. The molecule has 1 fully saturated rings. The molecule has 0 saturated heterocycles. The fourth-order valence-electron chi connectivity index (χ4n) is 4.79. The molecule has 0 radical (unpaired) electrons. The number of fused-ring (bicyclic) bond motifs is 6. The lowest BCUT2D eigenvalue weighted by Gasteiger charge is -2.19. The molecule has 1 aliphatic heterocycles. The first kappa shape index (κ1) is 23.5. The van der Waals surface area contributed by atoms with Gasteiger partial charge in [-0.1, -0.05) is 37.6 Å². The maximum Gasteiger partial charge on any atom is 0.264 e. The summed E-state index contributed by atoms with van der Waals surface area (Å²) in [5.74, 6) is 0.498. The van der Waals surface area contributed by atoms with Gasteiger partial charge in [0.05, 0.1) is 17.9 Å². The lowest BCUT2D eigenvalue weighted by molar-refractivity contribution is -0.118. The van der Waals surface area contributed by atoms with E-state index in [9.17, 15) is 13.2 Å². The minimum Gasteiger partial charge on any atom is -0.477 e. The van der Waals surface area contributed by atoms with Crippen LogP contribution >= 0.6 is 0 Å². The van der Waals surface area contributed by atoms with E-state index in [1.807, 2.05) is 25.1 Å². The Hall–Kier alpha value is -3.19. The normalized spacial score (nSPS) is 17.5. The molecule has 5 rings (SSSR count). The molecule has 2 aromatic carbocycles. The highest BCUT2D eigenvalue weighted by Crippen LogP contribution is 2.41. The van der Waals surface area contributed by atoms with Gasteiger partial charge in [-0.3, -0.25) is 4.79 Å². The smallest absolute Gasteiger partial charge is 0.264 e. The van der Waals surface area contributed by atoms with Crippen LogP contribution in [0.5, 0.6) is 5.88 Å². The number of aromatic nitrogens is 1. The van der Waals surface area contributed by atoms with Crippen molar-refractivity contribution < 1.29 is 17.9 Å². The Morgan fingerprint density at radius 3 is 2.63 bits per heavy atom. The Bertz CT molecular complexity index is 1410. The molecule has 3 aromatic rings. The number of ether oxygens (including phenoxy) is 1. The number of hydrogen-bond acceptors (Lipinski definition) is 5. The standard InChI is InChI=1S/C28H30N2O4S/c1-17(2)24-10-18(3)11-25-21-6-8-29-28(15-21)34-9-7-19-12-22(20-4-5-20)14-23(13-19)35(32,33)30-27(31)16-26(24)25/h6,8,10-15,17,20H,4-5,7,9,16H2,1-3H3,(H,30,31). The van der Waals surface area contributed by atoms with Crippen LogP contribution in [0.2, 0.25) is 0 Å². The van der Waals surface area contributed by atoms with Crippen LogP contribution in [0.1, 0.15) is 66.3 Å². The third-order valence-corrected chi connectivity index (χ3v) is 8.02. The predicted molar refractivity (Wildman–Crippen MR) is 135 cm³/mol. The van der Waals surface area contributed by atoms with E-state index in [-0.39, 0.29) is 17.2 Å². The Morgan fingerprint density at radius 2 is 1.89 bits per heavy atom. The van der Waals surface area contributed by atoms with Gasteiger partial charge < -0.3 is 4.74 Å². The molecular weight excluding hydrogens is 460 g/mol. The van der Waals surface area contributed by atoms with Gasteiger partial charge in [0, 0.05) is 18.7 Å². The Morgan fingerprint density at radius 1 is 1.09 bits per heavy atom. The zero-order valence-corrected chi connectivity index (χ0v) is 21.1. The fraction of sp³-hybridized carbons (Fsp3) is 0.357. The van der Waals surface area contributed by atoms with Gasteiger partial charge in [0.15, 0.2) is 0 Å². The number of hydrogen-bond donors (Lipinski definition) is 1. The maximum atomic E-state index is 13.3. The molecule has 2 heterocycles. The summed E-state index contributed by atoms with van der Waals surface area (Å²) in [7, 11) is -4.01. The van der Waals surface area contributed by atoms with Gasteiger partial charge in [0.2, 0.25) is 11.8 Å². The number of amides is 1. The SMILES string of the molecule is Cc1cc2c(c(C(C)C)c1)CC(=O)NS(=O)(=O)c1cc(cc(C3CC3)c1)CCOc1cc-2ccn1. The van der Waals surface area contributed by atoms with E-state index >= 15 is 0 Å². The van der Waals surface area contributed by atoms with E-state index in [0.29, 0.717) is 24.8 Å². The van der Waals surface area contributed by atoms with Gasteiger partial charge in [-0.2, -0.15) is 0 Å². The number of sulfonamides is 1. The highest BCUT2D eigenvalue weighted by molar-refractivity contribution is 7.90. The van der Waals surface area contributed by atoms with Crippen LogP contribution in [0, 0.1) is 6.92 Å². The third-order valence-electron chi connectivity index (χ3n) is 6.67. The highest BCUT2D eigenvalue weighted by atomic mass is 32.2. The van der Waals surface area contributed by atoms with E-state index in [2.05, 4.69) is 35.7 Å².